The molecular weight excluding hydrogens is 183 g/mol. The topological polar surface area (TPSA) is 0 Å². The molecule has 1 rings (SSSR count). The van der Waals surface area contributed by atoms with E-state index in [0.29, 0.717) is 10.0 Å². The summed E-state index contributed by atoms with van der Waals surface area (Å²) in [5.41, 5.74) is 0.440. The van der Waals surface area contributed by atoms with E-state index in [-0.39, 0.29) is 5.82 Å². The summed E-state index contributed by atoms with van der Waals surface area (Å²) in [6.45, 7) is 5.27. The van der Waals surface area contributed by atoms with E-state index >= 15 is 0 Å². The SMILES string of the molecule is [CH]c1ccc(Br)c(F)c1. The fourth-order valence-electron chi connectivity index (χ4n) is 0.512. The van der Waals surface area contributed by atoms with Crippen LogP contribution in [0.2, 0.25) is 0 Å². The summed E-state index contributed by atoms with van der Waals surface area (Å²) in [6, 6.07) is 4.47. The second-order valence-corrected chi connectivity index (χ2v) is 2.53. The largest absolute Gasteiger partial charge is 0.206 e. The third-order valence-corrected chi connectivity index (χ3v) is 1.59. The normalized spacial score (nSPS) is 9.67. The highest BCUT2D eigenvalue weighted by molar-refractivity contribution is 9.10. The van der Waals surface area contributed by atoms with Gasteiger partial charge in [-0.05, 0) is 40.5 Å². The smallest absolute Gasteiger partial charge is 0.137 e. The molecule has 0 heterocycles. The minimum atomic E-state index is -0.324. The summed E-state index contributed by atoms with van der Waals surface area (Å²) < 4.78 is 12.9. The van der Waals surface area contributed by atoms with E-state index in [1.165, 1.54) is 6.07 Å². The summed E-state index contributed by atoms with van der Waals surface area (Å²) in [7, 11) is 0. The lowest BCUT2D eigenvalue weighted by molar-refractivity contribution is 0.620. The van der Waals surface area contributed by atoms with Crippen molar-refractivity contribution in [2.75, 3.05) is 0 Å². The third kappa shape index (κ3) is 1.52. The Bertz CT molecular complexity index is 220. The predicted octanol–water partition coefficient (Wildman–Crippen LogP) is 2.65. The molecule has 0 amide bonds. The minimum absolute atomic E-state index is 0.324. The van der Waals surface area contributed by atoms with Gasteiger partial charge in [0.25, 0.3) is 0 Å². The van der Waals surface area contributed by atoms with Gasteiger partial charge in [0.15, 0.2) is 0 Å². The number of rotatable bonds is 0. The van der Waals surface area contributed by atoms with Crippen molar-refractivity contribution < 1.29 is 4.39 Å². The number of hydrogen-bond acceptors (Lipinski definition) is 0. The molecule has 0 fully saturated rings. The minimum Gasteiger partial charge on any atom is -0.206 e. The van der Waals surface area contributed by atoms with Crippen LogP contribution in [-0.4, -0.2) is 0 Å². The van der Waals surface area contributed by atoms with Crippen molar-refractivity contribution >= 4 is 15.9 Å². The van der Waals surface area contributed by atoms with Gasteiger partial charge in [-0.3, -0.25) is 0 Å². The molecule has 0 atom stereocenters. The molecule has 2 radical (unpaired) electrons. The standard InChI is InChI=1S/C7H4BrF/c1-5-2-3-6(8)7(9)4-5/h1-4H. The van der Waals surface area contributed by atoms with Gasteiger partial charge in [0, 0.05) is 0 Å². The predicted molar refractivity (Wildman–Crippen MR) is 37.5 cm³/mol. The molecule has 0 nitrogen and oxygen atoms in total. The quantitative estimate of drug-likeness (QED) is 0.585. The van der Waals surface area contributed by atoms with E-state index in [9.17, 15) is 4.39 Å². The van der Waals surface area contributed by atoms with Crippen LogP contribution in [0.1, 0.15) is 5.56 Å². The van der Waals surface area contributed by atoms with E-state index in [4.69, 9.17) is 6.92 Å². The van der Waals surface area contributed by atoms with E-state index < -0.39 is 0 Å². The van der Waals surface area contributed by atoms with Crippen LogP contribution in [0.15, 0.2) is 22.7 Å². The molecule has 1 aromatic carbocycles. The Balaban J connectivity index is 3.17. The molecule has 0 saturated carbocycles. The molecule has 1 aromatic rings. The first-order valence-corrected chi connectivity index (χ1v) is 3.20. The Hall–Kier alpha value is -0.370. The summed E-state index contributed by atoms with van der Waals surface area (Å²) in [5, 5.41) is 0. The van der Waals surface area contributed by atoms with Crippen LogP contribution in [0.3, 0.4) is 0 Å². The Labute approximate surface area is 61.8 Å². The van der Waals surface area contributed by atoms with Crippen molar-refractivity contribution in [3.05, 3.63) is 41.0 Å². The van der Waals surface area contributed by atoms with E-state index in [0.717, 1.165) is 0 Å². The van der Waals surface area contributed by atoms with Crippen LogP contribution in [-0.2, 0) is 0 Å². The van der Waals surface area contributed by atoms with Crippen molar-refractivity contribution in [2.24, 2.45) is 0 Å². The molecule has 0 N–H and O–H groups in total. The van der Waals surface area contributed by atoms with E-state index in [1.54, 1.807) is 12.1 Å². The number of benzene rings is 1. The molecule has 0 spiro atoms. The average molecular weight is 187 g/mol. The van der Waals surface area contributed by atoms with Crippen LogP contribution in [0.25, 0.3) is 0 Å². The second kappa shape index (κ2) is 2.48. The first-order valence-electron chi connectivity index (χ1n) is 2.40. The monoisotopic (exact) mass is 186 g/mol. The molecule has 9 heavy (non-hydrogen) atoms. The molecular formula is C7H4BrF. The molecule has 0 saturated heterocycles. The molecule has 0 bridgehead atoms. The summed E-state index contributed by atoms with van der Waals surface area (Å²) in [6.07, 6.45) is 0. The Morgan fingerprint density at radius 2 is 2.11 bits per heavy atom. The Kier molecular flexibility index (Phi) is 1.86. The Morgan fingerprint density at radius 3 is 2.56 bits per heavy atom. The van der Waals surface area contributed by atoms with Gasteiger partial charge >= 0.3 is 0 Å². The lowest BCUT2D eigenvalue weighted by Crippen LogP contribution is -1.77. The molecule has 0 unspecified atom stereocenters. The first kappa shape index (κ1) is 6.75. The van der Waals surface area contributed by atoms with Crippen LogP contribution in [0.5, 0.6) is 0 Å². The van der Waals surface area contributed by atoms with Crippen molar-refractivity contribution in [1.82, 2.24) is 0 Å². The van der Waals surface area contributed by atoms with Gasteiger partial charge in [-0.15, -0.1) is 0 Å². The highest BCUT2D eigenvalue weighted by Crippen LogP contribution is 2.15. The fourth-order valence-corrected chi connectivity index (χ4v) is 0.759. The summed E-state index contributed by atoms with van der Waals surface area (Å²) in [4.78, 5) is 0. The van der Waals surface area contributed by atoms with Crippen molar-refractivity contribution in [3.63, 3.8) is 0 Å². The Morgan fingerprint density at radius 1 is 1.44 bits per heavy atom. The van der Waals surface area contributed by atoms with Crippen molar-refractivity contribution in [2.45, 2.75) is 0 Å². The first-order chi connectivity index (χ1) is 4.20. The number of halogens is 2. The van der Waals surface area contributed by atoms with Gasteiger partial charge < -0.3 is 0 Å². The van der Waals surface area contributed by atoms with Crippen molar-refractivity contribution in [3.8, 4) is 0 Å². The molecule has 2 heteroatoms. The van der Waals surface area contributed by atoms with Gasteiger partial charge in [-0.25, -0.2) is 4.39 Å². The van der Waals surface area contributed by atoms with Crippen LogP contribution in [0.4, 0.5) is 4.39 Å². The van der Waals surface area contributed by atoms with Crippen LogP contribution < -0.4 is 0 Å². The van der Waals surface area contributed by atoms with Crippen molar-refractivity contribution in [1.29, 1.82) is 0 Å². The van der Waals surface area contributed by atoms with Crippen LogP contribution in [0, 0.1) is 12.7 Å². The zero-order chi connectivity index (χ0) is 6.85. The highest BCUT2D eigenvalue weighted by atomic mass is 79.9. The molecule has 0 aromatic heterocycles. The summed E-state index contributed by atoms with van der Waals surface area (Å²) >= 11 is 3.00. The molecule has 0 aliphatic carbocycles. The lowest BCUT2D eigenvalue weighted by atomic mass is 10.2. The summed E-state index contributed by atoms with van der Waals surface area (Å²) in [5.74, 6) is -0.324. The van der Waals surface area contributed by atoms with Gasteiger partial charge in [0.1, 0.15) is 5.82 Å². The van der Waals surface area contributed by atoms with Gasteiger partial charge in [0.05, 0.1) is 4.47 Å². The zero-order valence-corrected chi connectivity index (χ0v) is 6.15. The highest BCUT2D eigenvalue weighted by Gasteiger charge is 1.95. The van der Waals surface area contributed by atoms with E-state index in [2.05, 4.69) is 15.9 Å². The average Bonchev–Trinajstić information content (AvgIpc) is 1.80. The molecule has 0 aliphatic heterocycles. The maximum Gasteiger partial charge on any atom is 0.137 e. The van der Waals surface area contributed by atoms with Gasteiger partial charge in [-0.1, -0.05) is 6.07 Å². The van der Waals surface area contributed by atoms with Crippen LogP contribution >= 0.6 is 15.9 Å². The van der Waals surface area contributed by atoms with Gasteiger partial charge in [-0.2, -0.15) is 0 Å². The molecule has 0 aliphatic rings. The number of hydrogen-bond donors (Lipinski definition) is 0. The van der Waals surface area contributed by atoms with E-state index in [1.807, 2.05) is 0 Å². The van der Waals surface area contributed by atoms with Gasteiger partial charge in [0.2, 0.25) is 0 Å². The fraction of sp³-hybridized carbons (Fsp3) is 0. The maximum absolute atomic E-state index is 12.5. The third-order valence-electron chi connectivity index (χ3n) is 0.944. The lowest BCUT2D eigenvalue weighted by Gasteiger charge is -1.92. The maximum atomic E-state index is 12.5. The second-order valence-electron chi connectivity index (χ2n) is 1.67. The molecule has 46 valence electrons. The zero-order valence-electron chi connectivity index (χ0n) is 4.57.